The summed E-state index contributed by atoms with van der Waals surface area (Å²) in [5, 5.41) is 11.7. The van der Waals surface area contributed by atoms with Crippen molar-refractivity contribution in [2.75, 3.05) is 13.2 Å². The number of aromatic carboxylic acids is 1. The molecule has 1 aliphatic rings. The number of amides is 1. The summed E-state index contributed by atoms with van der Waals surface area (Å²) in [5.41, 5.74) is 0. The van der Waals surface area contributed by atoms with Crippen LogP contribution in [0.1, 0.15) is 39.6 Å². The van der Waals surface area contributed by atoms with Crippen LogP contribution >= 0.6 is 11.3 Å². The van der Waals surface area contributed by atoms with Gasteiger partial charge in [0.05, 0.1) is 11.0 Å². The molecule has 1 amide bonds. The van der Waals surface area contributed by atoms with Gasteiger partial charge in [0, 0.05) is 19.1 Å². The molecule has 2 atom stereocenters. The lowest BCUT2D eigenvalue weighted by Crippen LogP contribution is -2.34. The molecule has 1 aliphatic heterocycles. The number of thiophene rings is 1. The van der Waals surface area contributed by atoms with Crippen molar-refractivity contribution in [3.05, 3.63) is 21.9 Å². The van der Waals surface area contributed by atoms with Gasteiger partial charge in [-0.1, -0.05) is 13.8 Å². The number of rotatable bonds is 5. The van der Waals surface area contributed by atoms with Gasteiger partial charge in [0.2, 0.25) is 0 Å². The van der Waals surface area contributed by atoms with E-state index >= 15 is 0 Å². The van der Waals surface area contributed by atoms with Crippen molar-refractivity contribution < 1.29 is 19.4 Å². The van der Waals surface area contributed by atoms with E-state index < -0.39 is 5.97 Å². The molecular formula is C14H19NO4S. The third-order valence-corrected chi connectivity index (χ3v) is 4.56. The zero-order valence-corrected chi connectivity index (χ0v) is 12.4. The molecule has 110 valence electrons. The Morgan fingerprint density at radius 3 is 2.75 bits per heavy atom. The summed E-state index contributed by atoms with van der Waals surface area (Å²) in [7, 11) is 0. The van der Waals surface area contributed by atoms with Crippen molar-refractivity contribution in [3.63, 3.8) is 0 Å². The molecule has 2 unspecified atom stereocenters. The Kier molecular flexibility index (Phi) is 4.77. The van der Waals surface area contributed by atoms with Gasteiger partial charge in [-0.2, -0.15) is 0 Å². The van der Waals surface area contributed by atoms with E-state index in [1.807, 2.05) is 0 Å². The predicted octanol–water partition coefficient (Wildman–Crippen LogP) is 2.24. The molecule has 2 rings (SSSR count). The largest absolute Gasteiger partial charge is 0.477 e. The summed E-state index contributed by atoms with van der Waals surface area (Å²) in [6, 6.07) is 3.01. The maximum atomic E-state index is 12.0. The molecule has 2 N–H and O–H groups in total. The zero-order chi connectivity index (χ0) is 14.7. The number of hydrogen-bond acceptors (Lipinski definition) is 4. The van der Waals surface area contributed by atoms with Crippen LogP contribution in [-0.2, 0) is 4.74 Å². The second-order valence-electron chi connectivity index (χ2n) is 5.31. The van der Waals surface area contributed by atoms with Crippen molar-refractivity contribution >= 4 is 23.2 Å². The van der Waals surface area contributed by atoms with Crippen LogP contribution in [0.15, 0.2) is 12.1 Å². The smallest absolute Gasteiger partial charge is 0.345 e. The Morgan fingerprint density at radius 1 is 1.45 bits per heavy atom. The van der Waals surface area contributed by atoms with Crippen LogP contribution in [0.4, 0.5) is 0 Å². The zero-order valence-electron chi connectivity index (χ0n) is 11.6. The van der Waals surface area contributed by atoms with Gasteiger partial charge in [0.1, 0.15) is 4.88 Å². The van der Waals surface area contributed by atoms with Gasteiger partial charge >= 0.3 is 5.97 Å². The van der Waals surface area contributed by atoms with Crippen LogP contribution < -0.4 is 5.32 Å². The molecule has 1 aromatic heterocycles. The first kappa shape index (κ1) is 15.0. The van der Waals surface area contributed by atoms with Crippen molar-refractivity contribution in [1.82, 2.24) is 5.32 Å². The highest BCUT2D eigenvalue weighted by atomic mass is 32.1. The minimum absolute atomic E-state index is 0.180. The predicted molar refractivity (Wildman–Crippen MR) is 76.3 cm³/mol. The lowest BCUT2D eigenvalue weighted by Gasteiger charge is -2.22. The number of carboxylic acid groups (broad SMARTS) is 1. The summed E-state index contributed by atoms with van der Waals surface area (Å²) < 4.78 is 5.67. The van der Waals surface area contributed by atoms with Crippen LogP contribution in [0.3, 0.4) is 0 Å². The molecule has 0 aromatic carbocycles. The lowest BCUT2D eigenvalue weighted by atomic mass is 9.93. The molecule has 0 spiro atoms. The summed E-state index contributed by atoms with van der Waals surface area (Å²) in [6.07, 6.45) is 1.14. The van der Waals surface area contributed by atoms with Crippen molar-refractivity contribution in [3.8, 4) is 0 Å². The van der Waals surface area contributed by atoms with E-state index in [0.29, 0.717) is 23.3 Å². The van der Waals surface area contributed by atoms with E-state index in [1.54, 1.807) is 6.07 Å². The Labute approximate surface area is 121 Å². The van der Waals surface area contributed by atoms with E-state index in [9.17, 15) is 9.59 Å². The van der Waals surface area contributed by atoms with E-state index in [1.165, 1.54) is 6.07 Å². The number of carbonyl (C=O) groups is 2. The Balaban J connectivity index is 1.90. The number of carbonyl (C=O) groups excluding carboxylic acids is 1. The molecule has 20 heavy (non-hydrogen) atoms. The number of hydrogen-bond donors (Lipinski definition) is 2. The Bertz CT molecular complexity index is 497. The van der Waals surface area contributed by atoms with E-state index in [-0.39, 0.29) is 16.9 Å². The quantitative estimate of drug-likeness (QED) is 0.874. The van der Waals surface area contributed by atoms with Gasteiger partial charge < -0.3 is 15.2 Å². The SMILES string of the molecule is CC(C)C1OCCC1CNC(=O)c1ccc(C(=O)O)s1. The third-order valence-electron chi connectivity index (χ3n) is 3.49. The second-order valence-corrected chi connectivity index (χ2v) is 6.39. The first-order chi connectivity index (χ1) is 9.49. The molecule has 0 radical (unpaired) electrons. The molecule has 5 nitrogen and oxygen atoms in total. The van der Waals surface area contributed by atoms with Gasteiger partial charge in [-0.15, -0.1) is 11.3 Å². The Hall–Kier alpha value is -1.40. The number of ether oxygens (including phenoxy) is 1. The highest BCUT2D eigenvalue weighted by Gasteiger charge is 2.30. The van der Waals surface area contributed by atoms with E-state index in [4.69, 9.17) is 9.84 Å². The van der Waals surface area contributed by atoms with Gasteiger partial charge in [0.25, 0.3) is 5.91 Å². The van der Waals surface area contributed by atoms with Crippen molar-refractivity contribution in [1.29, 1.82) is 0 Å². The molecular weight excluding hydrogens is 278 g/mol. The molecule has 1 saturated heterocycles. The molecule has 0 bridgehead atoms. The summed E-state index contributed by atoms with van der Waals surface area (Å²) >= 11 is 0.996. The minimum Gasteiger partial charge on any atom is -0.477 e. The highest BCUT2D eigenvalue weighted by Crippen LogP contribution is 2.26. The molecule has 2 heterocycles. The minimum atomic E-state index is -1.00. The average molecular weight is 297 g/mol. The van der Waals surface area contributed by atoms with Gasteiger partial charge in [0.15, 0.2) is 0 Å². The maximum Gasteiger partial charge on any atom is 0.345 e. The lowest BCUT2D eigenvalue weighted by molar-refractivity contribution is 0.0533. The fraction of sp³-hybridized carbons (Fsp3) is 0.571. The number of nitrogens with one attached hydrogen (secondary N) is 1. The first-order valence-corrected chi connectivity index (χ1v) is 7.53. The van der Waals surface area contributed by atoms with E-state index in [0.717, 1.165) is 24.4 Å². The molecule has 1 aromatic rings. The molecule has 0 saturated carbocycles. The average Bonchev–Trinajstić information content (AvgIpc) is 3.04. The summed E-state index contributed by atoms with van der Waals surface area (Å²) in [4.78, 5) is 23.4. The molecule has 6 heteroatoms. The topological polar surface area (TPSA) is 75.6 Å². The van der Waals surface area contributed by atoms with Gasteiger partial charge in [-0.25, -0.2) is 4.79 Å². The van der Waals surface area contributed by atoms with Crippen LogP contribution in [0.2, 0.25) is 0 Å². The molecule has 0 aliphatic carbocycles. The van der Waals surface area contributed by atoms with Crippen molar-refractivity contribution in [2.45, 2.75) is 26.4 Å². The van der Waals surface area contributed by atoms with Gasteiger partial charge in [-0.3, -0.25) is 4.79 Å². The van der Waals surface area contributed by atoms with Crippen LogP contribution in [0, 0.1) is 11.8 Å². The highest BCUT2D eigenvalue weighted by molar-refractivity contribution is 7.15. The van der Waals surface area contributed by atoms with Gasteiger partial charge in [-0.05, 0) is 24.5 Å². The summed E-state index contributed by atoms with van der Waals surface area (Å²) in [6.45, 7) is 5.54. The third kappa shape index (κ3) is 3.37. The normalized spacial score (nSPS) is 22.1. The standard InChI is InChI=1S/C14H19NO4S/c1-8(2)12-9(5-6-19-12)7-15-13(16)10-3-4-11(20-10)14(17)18/h3-4,8-9,12H,5-7H2,1-2H3,(H,15,16)(H,17,18). The Morgan fingerprint density at radius 2 is 2.15 bits per heavy atom. The van der Waals surface area contributed by atoms with E-state index in [2.05, 4.69) is 19.2 Å². The van der Waals surface area contributed by atoms with Crippen LogP contribution in [-0.4, -0.2) is 36.2 Å². The fourth-order valence-electron chi connectivity index (χ4n) is 2.50. The number of carboxylic acids is 1. The van der Waals surface area contributed by atoms with Crippen LogP contribution in [0.25, 0.3) is 0 Å². The van der Waals surface area contributed by atoms with Crippen LogP contribution in [0.5, 0.6) is 0 Å². The fourth-order valence-corrected chi connectivity index (χ4v) is 3.26. The monoisotopic (exact) mass is 297 g/mol. The maximum absolute atomic E-state index is 12.0. The second kappa shape index (κ2) is 6.37. The summed E-state index contributed by atoms with van der Waals surface area (Å²) in [5.74, 6) is -0.451. The first-order valence-electron chi connectivity index (χ1n) is 6.72. The molecule has 1 fully saturated rings. The van der Waals surface area contributed by atoms with Crippen molar-refractivity contribution in [2.24, 2.45) is 11.8 Å².